The maximum Gasteiger partial charge on any atom is 0.219 e. The minimum absolute atomic E-state index is 0.127. The van der Waals surface area contributed by atoms with Crippen molar-refractivity contribution >= 4 is 38.2 Å². The highest BCUT2D eigenvalue weighted by atomic mass is 32.2. The van der Waals surface area contributed by atoms with Crippen molar-refractivity contribution in [2.75, 3.05) is 19.3 Å². The number of aromatic nitrogens is 3. The molecule has 4 rings (SSSR count). The molecule has 0 saturated carbocycles. The van der Waals surface area contributed by atoms with E-state index in [1.165, 1.54) is 17.2 Å². The summed E-state index contributed by atoms with van der Waals surface area (Å²) in [7, 11) is -3.29. The van der Waals surface area contributed by atoms with Gasteiger partial charge in [0.25, 0.3) is 0 Å². The molecule has 1 amide bonds. The smallest absolute Gasteiger partial charge is 0.219 e. The summed E-state index contributed by atoms with van der Waals surface area (Å²) in [5.41, 5.74) is 8.28. The van der Waals surface area contributed by atoms with Gasteiger partial charge >= 0.3 is 0 Å². The number of para-hydroxylation sites is 1. The number of rotatable bonds is 7. The standard InChI is InChI=1S/C20H25N5O3S2/c1-30(27,28)20-19(22-23-29-20)14-6-9-24(10-7-14)12-15-13-25(11-8-18(21)26)17-5-3-2-4-16(15)17/h2-5,13-14H,6-12H2,1H3,(H2,21,26). The van der Waals surface area contributed by atoms with E-state index < -0.39 is 9.84 Å². The number of aryl methyl sites for hydroxylation is 1. The number of carbonyl (C=O) groups excluding carboxylic acids is 1. The summed E-state index contributed by atoms with van der Waals surface area (Å²) in [6.45, 7) is 3.12. The number of fused-ring (bicyclic) bond motifs is 1. The Morgan fingerprint density at radius 1 is 1.27 bits per heavy atom. The molecule has 3 aromatic rings. The molecule has 0 spiro atoms. The van der Waals surface area contributed by atoms with Gasteiger partial charge < -0.3 is 10.3 Å². The number of nitrogens with zero attached hydrogens (tertiary/aromatic N) is 4. The molecule has 8 nitrogen and oxygen atoms in total. The number of amides is 1. The van der Waals surface area contributed by atoms with Gasteiger partial charge in [-0.05, 0) is 37.6 Å². The number of nitrogens with two attached hydrogens (primary N) is 1. The Bertz CT molecular complexity index is 1160. The van der Waals surface area contributed by atoms with Crippen molar-refractivity contribution in [2.24, 2.45) is 5.73 Å². The van der Waals surface area contributed by atoms with Crippen LogP contribution in [0, 0.1) is 0 Å². The van der Waals surface area contributed by atoms with E-state index in [4.69, 9.17) is 5.73 Å². The average molecular weight is 448 g/mol. The van der Waals surface area contributed by atoms with E-state index in [1.54, 1.807) is 0 Å². The minimum Gasteiger partial charge on any atom is -0.370 e. The van der Waals surface area contributed by atoms with Crippen LogP contribution in [0.1, 0.15) is 36.4 Å². The van der Waals surface area contributed by atoms with Crippen LogP contribution in [0.4, 0.5) is 0 Å². The molecule has 0 atom stereocenters. The predicted octanol–water partition coefficient (Wildman–Crippen LogP) is 2.15. The molecule has 30 heavy (non-hydrogen) atoms. The molecular formula is C20H25N5O3S2. The van der Waals surface area contributed by atoms with Crippen molar-refractivity contribution in [1.82, 2.24) is 19.1 Å². The Morgan fingerprint density at radius 2 is 2.00 bits per heavy atom. The Labute approximate surface area is 179 Å². The summed E-state index contributed by atoms with van der Waals surface area (Å²) in [6, 6.07) is 8.20. The molecular weight excluding hydrogens is 422 g/mol. The van der Waals surface area contributed by atoms with Crippen molar-refractivity contribution in [3.05, 3.63) is 41.7 Å². The van der Waals surface area contributed by atoms with E-state index in [9.17, 15) is 13.2 Å². The highest BCUT2D eigenvalue weighted by Gasteiger charge is 2.29. The first kappa shape index (κ1) is 21.0. The third kappa shape index (κ3) is 4.40. The van der Waals surface area contributed by atoms with E-state index in [1.807, 2.05) is 12.1 Å². The summed E-state index contributed by atoms with van der Waals surface area (Å²) in [4.78, 5) is 13.6. The maximum absolute atomic E-state index is 12.0. The van der Waals surface area contributed by atoms with Gasteiger partial charge in [-0.1, -0.05) is 22.7 Å². The van der Waals surface area contributed by atoms with Gasteiger partial charge in [-0.15, -0.1) is 5.10 Å². The van der Waals surface area contributed by atoms with Crippen LogP contribution in [0.15, 0.2) is 34.7 Å². The second-order valence-corrected chi connectivity index (χ2v) is 10.8. The molecule has 1 aliphatic heterocycles. The lowest BCUT2D eigenvalue weighted by Gasteiger charge is -2.31. The highest BCUT2D eigenvalue weighted by Crippen LogP contribution is 2.33. The largest absolute Gasteiger partial charge is 0.370 e. The number of benzene rings is 1. The lowest BCUT2D eigenvalue weighted by Crippen LogP contribution is -2.32. The molecule has 0 radical (unpaired) electrons. The molecule has 1 aromatic carbocycles. The summed E-state index contributed by atoms with van der Waals surface area (Å²) >= 11 is 0.966. The van der Waals surface area contributed by atoms with E-state index in [2.05, 4.69) is 37.4 Å². The van der Waals surface area contributed by atoms with Crippen molar-refractivity contribution in [3.8, 4) is 0 Å². The molecule has 1 aliphatic rings. The fraction of sp³-hybridized carbons (Fsp3) is 0.450. The zero-order valence-corrected chi connectivity index (χ0v) is 18.5. The van der Waals surface area contributed by atoms with E-state index >= 15 is 0 Å². The molecule has 0 bridgehead atoms. The van der Waals surface area contributed by atoms with Crippen molar-refractivity contribution in [3.63, 3.8) is 0 Å². The number of sulfone groups is 1. The zero-order chi connectivity index (χ0) is 21.3. The van der Waals surface area contributed by atoms with Crippen molar-refractivity contribution in [1.29, 1.82) is 0 Å². The fourth-order valence-corrected chi connectivity index (χ4v) is 5.90. The van der Waals surface area contributed by atoms with Crippen LogP contribution in [0.5, 0.6) is 0 Å². The van der Waals surface area contributed by atoms with Gasteiger partial charge in [0.1, 0.15) is 0 Å². The van der Waals surface area contributed by atoms with Crippen LogP contribution in [-0.4, -0.2) is 52.7 Å². The monoisotopic (exact) mass is 447 g/mol. The van der Waals surface area contributed by atoms with Gasteiger partial charge in [-0.25, -0.2) is 8.42 Å². The minimum atomic E-state index is -3.29. The van der Waals surface area contributed by atoms with Crippen LogP contribution in [0.25, 0.3) is 10.9 Å². The van der Waals surface area contributed by atoms with E-state index in [0.29, 0.717) is 22.9 Å². The van der Waals surface area contributed by atoms with Crippen LogP contribution in [-0.2, 0) is 27.7 Å². The fourth-order valence-electron chi connectivity index (χ4n) is 4.16. The van der Waals surface area contributed by atoms with Gasteiger partial charge in [-0.2, -0.15) is 0 Å². The Kier molecular flexibility index (Phi) is 5.90. The van der Waals surface area contributed by atoms with Crippen LogP contribution < -0.4 is 5.73 Å². The first-order chi connectivity index (χ1) is 14.3. The number of primary amides is 1. The van der Waals surface area contributed by atoms with Gasteiger partial charge in [0, 0.05) is 60.3 Å². The number of carbonyl (C=O) groups is 1. The summed E-state index contributed by atoms with van der Waals surface area (Å²) in [6.07, 6.45) is 5.36. The van der Waals surface area contributed by atoms with Crippen LogP contribution in [0.2, 0.25) is 0 Å². The molecule has 1 saturated heterocycles. The maximum atomic E-state index is 12.0. The Morgan fingerprint density at radius 3 is 2.70 bits per heavy atom. The zero-order valence-electron chi connectivity index (χ0n) is 16.8. The van der Waals surface area contributed by atoms with Gasteiger partial charge in [0.15, 0.2) is 14.0 Å². The van der Waals surface area contributed by atoms with Crippen LogP contribution in [0.3, 0.4) is 0 Å². The molecule has 3 heterocycles. The Hall–Kier alpha value is -2.30. The lowest BCUT2D eigenvalue weighted by atomic mass is 9.94. The molecule has 0 aliphatic carbocycles. The van der Waals surface area contributed by atoms with Crippen molar-refractivity contribution in [2.45, 2.75) is 42.5 Å². The molecule has 2 N–H and O–H groups in total. The second kappa shape index (κ2) is 8.44. The first-order valence-corrected chi connectivity index (χ1v) is 12.6. The predicted molar refractivity (Wildman–Crippen MR) is 116 cm³/mol. The highest BCUT2D eigenvalue weighted by molar-refractivity contribution is 7.92. The Balaban J connectivity index is 1.46. The number of likely N-dealkylation sites (tertiary alicyclic amines) is 1. The SMILES string of the molecule is CS(=O)(=O)c1snnc1C1CCN(Cc2cn(CCC(N)=O)c3ccccc23)CC1. The number of piperidine rings is 1. The topological polar surface area (TPSA) is 111 Å². The summed E-state index contributed by atoms with van der Waals surface area (Å²) in [5.74, 6) is -0.178. The van der Waals surface area contributed by atoms with Gasteiger partial charge in [0.2, 0.25) is 5.91 Å². The third-order valence-corrected chi connectivity index (χ3v) is 8.21. The quantitative estimate of drug-likeness (QED) is 0.594. The van der Waals surface area contributed by atoms with E-state index in [-0.39, 0.29) is 11.8 Å². The summed E-state index contributed by atoms with van der Waals surface area (Å²) < 4.78 is 30.2. The molecule has 160 valence electrons. The average Bonchev–Trinajstić information content (AvgIpc) is 3.33. The van der Waals surface area contributed by atoms with Crippen LogP contribution >= 0.6 is 11.5 Å². The third-order valence-electron chi connectivity index (χ3n) is 5.66. The number of hydrogen-bond donors (Lipinski definition) is 1. The number of hydrogen-bond acceptors (Lipinski definition) is 7. The molecule has 0 unspecified atom stereocenters. The molecule has 10 heteroatoms. The molecule has 1 fully saturated rings. The first-order valence-electron chi connectivity index (χ1n) is 9.92. The lowest BCUT2D eigenvalue weighted by molar-refractivity contribution is -0.118. The van der Waals surface area contributed by atoms with Gasteiger partial charge in [-0.3, -0.25) is 9.69 Å². The van der Waals surface area contributed by atoms with Gasteiger partial charge in [0.05, 0.1) is 5.69 Å². The van der Waals surface area contributed by atoms with Crippen molar-refractivity contribution < 1.29 is 13.2 Å². The summed E-state index contributed by atoms with van der Waals surface area (Å²) in [5, 5.41) is 5.31. The molecule has 2 aromatic heterocycles. The normalized spacial score (nSPS) is 16.3. The second-order valence-electron chi connectivity index (χ2n) is 7.85. The van der Waals surface area contributed by atoms with E-state index in [0.717, 1.165) is 49.5 Å².